The average molecular weight is 513 g/mol. The smallest absolute Gasteiger partial charge is 0.251 e. The Morgan fingerprint density at radius 1 is 1.14 bits per heavy atom. The van der Waals surface area contributed by atoms with Gasteiger partial charge in [-0.2, -0.15) is 0 Å². The molecule has 7 nitrogen and oxygen atoms in total. The molecule has 0 saturated heterocycles. The number of oxazole rings is 1. The van der Waals surface area contributed by atoms with E-state index in [9.17, 15) is 4.79 Å². The van der Waals surface area contributed by atoms with Crippen molar-refractivity contribution < 1.29 is 9.21 Å². The summed E-state index contributed by atoms with van der Waals surface area (Å²) in [7, 11) is 0. The summed E-state index contributed by atoms with van der Waals surface area (Å²) in [5.74, 6) is 2.07. The number of rotatable bonds is 7. The van der Waals surface area contributed by atoms with Crippen LogP contribution in [0.5, 0.6) is 0 Å². The van der Waals surface area contributed by atoms with Crippen LogP contribution in [0.25, 0.3) is 0 Å². The van der Waals surface area contributed by atoms with Gasteiger partial charge in [-0.3, -0.25) is 4.79 Å². The highest BCUT2D eigenvalue weighted by Gasteiger charge is 2.19. The lowest BCUT2D eigenvalue weighted by molar-refractivity contribution is 0.0955. The lowest BCUT2D eigenvalue weighted by Gasteiger charge is -2.13. The lowest BCUT2D eigenvalue weighted by Crippen LogP contribution is -2.36. The number of hydrogen-bond acceptors (Lipinski definition) is 4. The molecule has 1 heterocycles. The number of benzene rings is 1. The normalized spacial score (nSPS) is 11.6. The van der Waals surface area contributed by atoms with E-state index in [1.54, 1.807) is 12.3 Å². The predicted molar refractivity (Wildman–Crippen MR) is 127 cm³/mol. The number of guanidine groups is 1. The van der Waals surface area contributed by atoms with Gasteiger partial charge >= 0.3 is 0 Å². The molecule has 1 aromatic heterocycles. The van der Waals surface area contributed by atoms with Crippen molar-refractivity contribution in [2.24, 2.45) is 4.99 Å². The molecular formula is C21H32IN5O2. The second-order valence-electron chi connectivity index (χ2n) is 7.48. The van der Waals surface area contributed by atoms with Crippen molar-refractivity contribution in [1.29, 1.82) is 0 Å². The van der Waals surface area contributed by atoms with Crippen LogP contribution in [0.1, 0.15) is 62.2 Å². The standard InChI is InChI=1S/C21H31N5O2.HI/c1-6-22-19(27)16-10-8-9-15(11-16)12-25-20(23-7-2)26-14-18-24-13-17(28-18)21(3,4)5;/h8-11,13H,6-7,12,14H2,1-5H3,(H,22,27)(H2,23,25,26);1H. The van der Waals surface area contributed by atoms with E-state index in [1.165, 1.54) is 0 Å². The maximum Gasteiger partial charge on any atom is 0.251 e. The number of carbonyl (C=O) groups is 1. The summed E-state index contributed by atoms with van der Waals surface area (Å²) in [4.78, 5) is 20.9. The van der Waals surface area contributed by atoms with Gasteiger partial charge in [-0.05, 0) is 31.5 Å². The number of aromatic nitrogens is 1. The van der Waals surface area contributed by atoms with Crippen LogP contribution in [0.3, 0.4) is 0 Å². The van der Waals surface area contributed by atoms with Crippen LogP contribution >= 0.6 is 24.0 Å². The third kappa shape index (κ3) is 8.04. The Bertz CT molecular complexity index is 811. The van der Waals surface area contributed by atoms with Crippen molar-refractivity contribution in [3.63, 3.8) is 0 Å². The van der Waals surface area contributed by atoms with E-state index in [4.69, 9.17) is 4.42 Å². The first-order valence-corrected chi connectivity index (χ1v) is 9.68. The molecule has 8 heteroatoms. The summed E-state index contributed by atoms with van der Waals surface area (Å²) in [6.07, 6.45) is 1.77. The van der Waals surface area contributed by atoms with Crippen LogP contribution < -0.4 is 16.0 Å². The highest BCUT2D eigenvalue weighted by atomic mass is 127. The Hall–Kier alpha value is -2.10. The molecule has 2 aromatic rings. The van der Waals surface area contributed by atoms with Crippen LogP contribution in [-0.2, 0) is 18.5 Å². The van der Waals surface area contributed by atoms with Gasteiger partial charge < -0.3 is 20.4 Å². The molecule has 0 aliphatic carbocycles. The molecule has 0 fully saturated rings. The third-order valence-corrected chi connectivity index (χ3v) is 3.99. The minimum atomic E-state index is -0.0723. The molecule has 0 radical (unpaired) electrons. The number of halogens is 1. The fourth-order valence-electron chi connectivity index (χ4n) is 2.48. The molecule has 3 N–H and O–H groups in total. The fourth-order valence-corrected chi connectivity index (χ4v) is 2.48. The van der Waals surface area contributed by atoms with Gasteiger partial charge in [0.05, 0.1) is 19.3 Å². The van der Waals surface area contributed by atoms with Crippen molar-refractivity contribution in [3.05, 3.63) is 53.2 Å². The van der Waals surface area contributed by atoms with E-state index in [0.717, 1.165) is 17.9 Å². The Kier molecular flexibility index (Phi) is 10.1. The van der Waals surface area contributed by atoms with Crippen LogP contribution in [0.2, 0.25) is 0 Å². The highest BCUT2D eigenvalue weighted by Crippen LogP contribution is 2.22. The molecule has 0 spiro atoms. The van der Waals surface area contributed by atoms with Gasteiger partial charge in [0.15, 0.2) is 5.96 Å². The number of amides is 1. The van der Waals surface area contributed by atoms with Gasteiger partial charge in [0.25, 0.3) is 5.91 Å². The van der Waals surface area contributed by atoms with Crippen molar-refractivity contribution >= 4 is 35.8 Å². The van der Waals surface area contributed by atoms with Crippen molar-refractivity contribution in [2.45, 2.75) is 53.1 Å². The van der Waals surface area contributed by atoms with E-state index in [0.29, 0.717) is 37.0 Å². The Labute approximate surface area is 190 Å². The zero-order chi connectivity index (χ0) is 20.6. The van der Waals surface area contributed by atoms with Gasteiger partial charge in [0.2, 0.25) is 5.89 Å². The first-order chi connectivity index (χ1) is 13.3. The number of carbonyl (C=O) groups excluding carboxylic acids is 1. The summed E-state index contributed by atoms with van der Waals surface area (Å²) in [5.41, 5.74) is 1.54. The number of nitrogens with one attached hydrogen (secondary N) is 3. The van der Waals surface area contributed by atoms with Gasteiger partial charge in [0.1, 0.15) is 5.76 Å². The summed E-state index contributed by atoms with van der Waals surface area (Å²) in [6, 6.07) is 7.49. The van der Waals surface area contributed by atoms with Gasteiger partial charge in [-0.15, -0.1) is 24.0 Å². The minimum absolute atomic E-state index is 0. The SMILES string of the molecule is CCNC(=O)c1cccc(CN=C(NCC)NCc2ncc(C(C)(C)C)o2)c1.I. The fraction of sp³-hybridized carbons (Fsp3) is 0.476. The molecule has 0 unspecified atom stereocenters. The average Bonchev–Trinajstić information content (AvgIpc) is 3.14. The Morgan fingerprint density at radius 2 is 1.86 bits per heavy atom. The van der Waals surface area contributed by atoms with Crippen LogP contribution in [0.15, 0.2) is 39.9 Å². The Morgan fingerprint density at radius 3 is 2.48 bits per heavy atom. The number of aliphatic imine (C=N–C) groups is 1. The van der Waals surface area contributed by atoms with Gasteiger partial charge in [0, 0.05) is 24.1 Å². The van der Waals surface area contributed by atoms with E-state index in [2.05, 4.69) is 46.7 Å². The predicted octanol–water partition coefficient (Wildman–Crippen LogP) is 3.60. The van der Waals surface area contributed by atoms with E-state index >= 15 is 0 Å². The molecule has 0 aliphatic heterocycles. The molecule has 160 valence electrons. The highest BCUT2D eigenvalue weighted by molar-refractivity contribution is 14.0. The van der Waals surface area contributed by atoms with Gasteiger partial charge in [-0.1, -0.05) is 32.9 Å². The second-order valence-corrected chi connectivity index (χ2v) is 7.48. The maximum absolute atomic E-state index is 12.0. The first-order valence-electron chi connectivity index (χ1n) is 9.68. The monoisotopic (exact) mass is 513 g/mol. The van der Waals surface area contributed by atoms with Crippen LogP contribution in [0.4, 0.5) is 0 Å². The second kappa shape index (κ2) is 11.8. The maximum atomic E-state index is 12.0. The summed E-state index contributed by atoms with van der Waals surface area (Å²) >= 11 is 0. The third-order valence-electron chi connectivity index (χ3n) is 3.99. The van der Waals surface area contributed by atoms with E-state index < -0.39 is 0 Å². The molecule has 0 aliphatic rings. The molecule has 29 heavy (non-hydrogen) atoms. The van der Waals surface area contributed by atoms with Crippen molar-refractivity contribution in [2.75, 3.05) is 13.1 Å². The molecular weight excluding hydrogens is 481 g/mol. The first kappa shape index (κ1) is 24.9. The summed E-state index contributed by atoms with van der Waals surface area (Å²) in [5, 5.41) is 9.25. The molecule has 2 rings (SSSR count). The quantitative estimate of drug-likeness (QED) is 0.299. The zero-order valence-corrected chi connectivity index (χ0v) is 20.2. The van der Waals surface area contributed by atoms with Crippen LogP contribution in [-0.4, -0.2) is 29.9 Å². The van der Waals surface area contributed by atoms with Gasteiger partial charge in [-0.25, -0.2) is 9.98 Å². The zero-order valence-electron chi connectivity index (χ0n) is 17.8. The molecule has 0 atom stereocenters. The lowest BCUT2D eigenvalue weighted by atomic mass is 9.94. The summed E-state index contributed by atoms with van der Waals surface area (Å²) < 4.78 is 5.80. The number of nitrogens with zero attached hydrogens (tertiary/aromatic N) is 2. The number of hydrogen-bond donors (Lipinski definition) is 3. The van der Waals surface area contributed by atoms with E-state index in [-0.39, 0.29) is 35.3 Å². The Balaban J connectivity index is 0.00000420. The molecule has 1 aromatic carbocycles. The van der Waals surface area contributed by atoms with Crippen molar-refractivity contribution in [1.82, 2.24) is 20.9 Å². The largest absolute Gasteiger partial charge is 0.443 e. The van der Waals surface area contributed by atoms with Crippen LogP contribution in [0, 0.1) is 0 Å². The molecule has 0 saturated carbocycles. The molecule has 0 bridgehead atoms. The summed E-state index contributed by atoms with van der Waals surface area (Å²) in [6.45, 7) is 12.4. The molecule has 1 amide bonds. The van der Waals surface area contributed by atoms with Crippen molar-refractivity contribution in [3.8, 4) is 0 Å². The minimum Gasteiger partial charge on any atom is -0.443 e. The van der Waals surface area contributed by atoms with E-state index in [1.807, 2.05) is 32.0 Å². The topological polar surface area (TPSA) is 91.5 Å².